The lowest BCUT2D eigenvalue weighted by atomic mass is 10.2. The minimum Gasteiger partial charge on any atom is -0.491 e. The van der Waals surface area contributed by atoms with Gasteiger partial charge in [-0.3, -0.25) is 19.5 Å². The van der Waals surface area contributed by atoms with Crippen LogP contribution in [-0.2, 0) is 16.6 Å². The second-order valence-electron chi connectivity index (χ2n) is 6.78. The molecule has 33 heavy (non-hydrogen) atoms. The maximum atomic E-state index is 13.1. The van der Waals surface area contributed by atoms with Crippen LogP contribution in [0, 0.1) is 0 Å². The second-order valence-corrected chi connectivity index (χ2v) is 8.61. The Kier molecular flexibility index (Phi) is 7.08. The summed E-state index contributed by atoms with van der Waals surface area (Å²) in [5, 5.41) is 2.84. The molecule has 0 atom stereocenters. The van der Waals surface area contributed by atoms with Gasteiger partial charge in [0.05, 0.1) is 24.3 Å². The molecule has 13 nitrogen and oxygen atoms in total. The minimum absolute atomic E-state index is 0.00832. The Morgan fingerprint density at radius 3 is 2.55 bits per heavy atom. The molecule has 0 unspecified atom stereocenters. The van der Waals surface area contributed by atoms with Crippen molar-refractivity contribution in [2.24, 2.45) is 0 Å². The molecule has 4 N–H and O–H groups in total. The van der Waals surface area contributed by atoms with Gasteiger partial charge in [0.1, 0.15) is 12.1 Å². The molecule has 2 heterocycles. The van der Waals surface area contributed by atoms with Crippen molar-refractivity contribution in [1.82, 2.24) is 24.2 Å². The number of aromatic nitrogens is 4. The van der Waals surface area contributed by atoms with Crippen LogP contribution in [0.15, 0.2) is 29.3 Å². The Morgan fingerprint density at radius 1 is 1.24 bits per heavy atom. The second kappa shape index (κ2) is 9.79. The summed E-state index contributed by atoms with van der Waals surface area (Å²) >= 11 is 0. The van der Waals surface area contributed by atoms with Crippen LogP contribution in [0.25, 0.3) is 10.9 Å². The molecule has 0 radical (unpaired) electrons. The lowest BCUT2D eigenvalue weighted by Crippen LogP contribution is -2.27. The number of fused-ring (bicyclic) bond motifs is 1. The first-order valence-corrected chi connectivity index (χ1v) is 11.6. The van der Waals surface area contributed by atoms with Crippen LogP contribution in [0.3, 0.4) is 0 Å². The molecule has 2 aromatic heterocycles. The zero-order valence-corrected chi connectivity index (χ0v) is 19.0. The molecule has 0 bridgehead atoms. The number of hydrogen-bond donors (Lipinski definition) is 3. The van der Waals surface area contributed by atoms with Gasteiger partial charge in [-0.05, 0) is 19.1 Å². The van der Waals surface area contributed by atoms with Crippen LogP contribution < -0.4 is 30.8 Å². The van der Waals surface area contributed by atoms with E-state index in [1.165, 1.54) is 36.2 Å². The summed E-state index contributed by atoms with van der Waals surface area (Å²) in [4.78, 5) is 37.7. The number of ether oxygens (including phenoxy) is 2. The molecule has 0 saturated heterocycles. The number of sulfonamides is 1. The third-order valence-corrected chi connectivity index (χ3v) is 5.18. The summed E-state index contributed by atoms with van der Waals surface area (Å²) in [7, 11) is -1.98. The van der Waals surface area contributed by atoms with E-state index in [2.05, 4.69) is 25.0 Å². The van der Waals surface area contributed by atoms with Crippen molar-refractivity contribution in [3.05, 3.63) is 40.4 Å². The van der Waals surface area contributed by atoms with Crippen LogP contribution >= 0.6 is 0 Å². The summed E-state index contributed by atoms with van der Waals surface area (Å²) in [6, 6.07) is 3.06. The van der Waals surface area contributed by atoms with Gasteiger partial charge in [0.25, 0.3) is 11.5 Å². The van der Waals surface area contributed by atoms with E-state index in [4.69, 9.17) is 15.2 Å². The number of anilines is 2. The third kappa shape index (κ3) is 5.53. The van der Waals surface area contributed by atoms with Crippen molar-refractivity contribution in [2.75, 3.05) is 37.6 Å². The van der Waals surface area contributed by atoms with E-state index in [1.54, 1.807) is 6.92 Å². The molecule has 0 spiro atoms. The summed E-state index contributed by atoms with van der Waals surface area (Å²) < 4.78 is 37.0. The fraction of sp³-hybridized carbons (Fsp3) is 0.316. The highest BCUT2D eigenvalue weighted by molar-refractivity contribution is 7.88. The van der Waals surface area contributed by atoms with Gasteiger partial charge < -0.3 is 15.2 Å². The average Bonchev–Trinajstić information content (AvgIpc) is 2.76. The van der Waals surface area contributed by atoms with Crippen molar-refractivity contribution in [3.63, 3.8) is 0 Å². The Labute approximate surface area is 189 Å². The Morgan fingerprint density at radius 2 is 1.94 bits per heavy atom. The van der Waals surface area contributed by atoms with Crippen LogP contribution in [0.1, 0.15) is 17.3 Å². The van der Waals surface area contributed by atoms with Crippen molar-refractivity contribution < 1.29 is 22.7 Å². The molecular weight excluding hydrogens is 454 g/mol. The number of hydrogen-bond acceptors (Lipinski definition) is 10. The van der Waals surface area contributed by atoms with Crippen molar-refractivity contribution in [1.29, 1.82) is 0 Å². The predicted octanol–water partition coefficient (Wildman–Crippen LogP) is -0.0225. The van der Waals surface area contributed by atoms with E-state index in [-0.39, 0.29) is 59.6 Å². The van der Waals surface area contributed by atoms with E-state index in [0.29, 0.717) is 0 Å². The number of nitrogens with one attached hydrogen (secondary N) is 2. The monoisotopic (exact) mass is 477 g/mol. The number of nitrogen functional groups attached to an aromatic ring is 1. The first kappa shape index (κ1) is 23.9. The highest BCUT2D eigenvalue weighted by Crippen LogP contribution is 2.33. The van der Waals surface area contributed by atoms with Crippen LogP contribution in [-0.4, -0.2) is 60.4 Å². The molecule has 3 rings (SSSR count). The number of carbonyl (C=O) groups is 1. The minimum atomic E-state index is -3.36. The van der Waals surface area contributed by atoms with Crippen LogP contribution in [0.5, 0.6) is 11.5 Å². The first-order valence-electron chi connectivity index (χ1n) is 9.72. The highest BCUT2D eigenvalue weighted by Gasteiger charge is 2.19. The maximum absolute atomic E-state index is 13.1. The summed E-state index contributed by atoms with van der Waals surface area (Å²) in [5.74, 6) is -0.151. The van der Waals surface area contributed by atoms with Gasteiger partial charge in [-0.15, -0.1) is 0 Å². The lowest BCUT2D eigenvalue weighted by molar-refractivity contribution is 0.102. The quantitative estimate of drug-likeness (QED) is 0.354. The molecule has 0 saturated carbocycles. The smallest absolute Gasteiger partial charge is 0.262 e. The maximum Gasteiger partial charge on any atom is 0.262 e. The summed E-state index contributed by atoms with van der Waals surface area (Å²) in [6.07, 6.45) is 3.55. The first-order chi connectivity index (χ1) is 15.6. The molecular formula is C19H23N7O6S. The molecule has 0 aliphatic rings. The van der Waals surface area contributed by atoms with Gasteiger partial charge >= 0.3 is 0 Å². The average molecular weight is 478 g/mol. The zero-order valence-electron chi connectivity index (χ0n) is 18.2. The number of nitrogens with zero attached hydrogens (tertiary/aromatic N) is 4. The Hall–Kier alpha value is -3.78. The van der Waals surface area contributed by atoms with Gasteiger partial charge in [0, 0.05) is 25.5 Å². The lowest BCUT2D eigenvalue weighted by Gasteiger charge is -2.16. The van der Waals surface area contributed by atoms with Crippen molar-refractivity contribution in [2.45, 2.75) is 13.5 Å². The van der Waals surface area contributed by atoms with E-state index in [9.17, 15) is 18.0 Å². The Balaban J connectivity index is 1.99. The molecule has 1 aromatic carbocycles. The topological polar surface area (TPSA) is 180 Å². The molecule has 0 aliphatic heterocycles. The van der Waals surface area contributed by atoms with Crippen molar-refractivity contribution in [3.8, 4) is 11.5 Å². The molecule has 0 aliphatic carbocycles. The van der Waals surface area contributed by atoms with Crippen LogP contribution in [0.2, 0.25) is 0 Å². The fourth-order valence-corrected chi connectivity index (χ4v) is 3.41. The van der Waals surface area contributed by atoms with Crippen molar-refractivity contribution >= 4 is 38.7 Å². The number of rotatable bonds is 9. The van der Waals surface area contributed by atoms with E-state index < -0.39 is 21.5 Å². The number of nitrogens with two attached hydrogens (primary N) is 1. The van der Waals surface area contributed by atoms with Gasteiger partial charge in [-0.1, -0.05) is 0 Å². The molecule has 14 heteroatoms. The molecule has 1 amide bonds. The SMILES string of the molecule is CCn1c(NC(=O)c2cnc(N)nc2)nc2c(OC)c(OCCNS(C)(=O)=O)ccc2c1=O. The summed E-state index contributed by atoms with van der Waals surface area (Å²) in [5.41, 5.74) is 5.35. The molecule has 0 fully saturated rings. The fourth-order valence-electron chi connectivity index (χ4n) is 2.96. The standard InChI is InChI=1S/C19H23N7O6S/c1-4-26-17(28)12-5-6-13(32-8-7-23-33(3,29)30)15(31-2)14(12)24-19(26)25-16(27)11-9-21-18(20)22-10-11/h5-6,9-10,23H,4,7-8H2,1-3H3,(H2,20,21,22)(H,24,25,27). The molecule has 176 valence electrons. The summed E-state index contributed by atoms with van der Waals surface area (Å²) in [6.45, 7) is 2.03. The number of methoxy groups -OCH3 is 1. The molecule has 3 aromatic rings. The predicted molar refractivity (Wildman–Crippen MR) is 121 cm³/mol. The number of benzene rings is 1. The van der Waals surface area contributed by atoms with Gasteiger partial charge in [0.15, 0.2) is 11.5 Å². The number of carbonyl (C=O) groups excluding carboxylic acids is 1. The third-order valence-electron chi connectivity index (χ3n) is 4.45. The van der Waals surface area contributed by atoms with Crippen LogP contribution in [0.4, 0.5) is 11.9 Å². The normalized spacial score (nSPS) is 11.4. The van der Waals surface area contributed by atoms with Gasteiger partial charge in [0.2, 0.25) is 21.9 Å². The highest BCUT2D eigenvalue weighted by atomic mass is 32.2. The van der Waals surface area contributed by atoms with E-state index in [0.717, 1.165) is 6.26 Å². The van der Waals surface area contributed by atoms with Gasteiger partial charge in [-0.25, -0.2) is 28.1 Å². The zero-order chi connectivity index (χ0) is 24.2. The van der Waals surface area contributed by atoms with Gasteiger partial charge in [-0.2, -0.15) is 0 Å². The van der Waals surface area contributed by atoms with E-state index in [1.807, 2.05) is 0 Å². The Bertz CT molecular complexity index is 1340. The number of amides is 1. The largest absolute Gasteiger partial charge is 0.491 e. The van der Waals surface area contributed by atoms with E-state index >= 15 is 0 Å².